The van der Waals surface area contributed by atoms with E-state index in [1.165, 1.54) is 32.1 Å². The highest BCUT2D eigenvalue weighted by atomic mass is 16.6. The minimum absolute atomic E-state index is 0.00535. The highest BCUT2D eigenvalue weighted by molar-refractivity contribution is 5.73. The van der Waals surface area contributed by atoms with E-state index in [1.807, 2.05) is 13.8 Å². The van der Waals surface area contributed by atoms with Crippen LogP contribution in [0, 0.1) is 51.2 Å². The fraction of sp³-hybridized carbons (Fsp3) is 0.946. The highest BCUT2D eigenvalue weighted by Gasteiger charge is 2.70. The molecule has 0 aromatic heterocycles. The summed E-state index contributed by atoms with van der Waals surface area (Å²) in [6, 6.07) is 0. The molecule has 0 amide bonds. The van der Waals surface area contributed by atoms with Gasteiger partial charge in [-0.15, -0.1) is 0 Å². The number of fused-ring (bicyclic) bond motifs is 4. The Morgan fingerprint density at radius 1 is 0.805 bits per heavy atom. The number of hydrogen-bond donors (Lipinski definition) is 0. The van der Waals surface area contributed by atoms with Crippen molar-refractivity contribution in [3.63, 3.8) is 0 Å². The lowest BCUT2D eigenvalue weighted by atomic mass is 9.63. The van der Waals surface area contributed by atoms with Gasteiger partial charge in [-0.25, -0.2) is 0 Å². The lowest BCUT2D eigenvalue weighted by Crippen LogP contribution is -2.52. The van der Waals surface area contributed by atoms with Crippen LogP contribution in [-0.2, 0) is 19.1 Å². The normalized spacial score (nSPS) is 37.7. The first-order valence-electron chi connectivity index (χ1n) is 17.3. The summed E-state index contributed by atoms with van der Waals surface area (Å²) in [7, 11) is 0. The Morgan fingerprint density at radius 3 is 1.73 bits per heavy atom. The third-order valence-corrected chi connectivity index (χ3v) is 13.7. The number of ether oxygens (including phenoxy) is 2. The minimum Gasteiger partial charge on any atom is -0.458 e. The van der Waals surface area contributed by atoms with E-state index in [0.29, 0.717) is 23.2 Å². The first-order chi connectivity index (χ1) is 18.8. The van der Waals surface area contributed by atoms with Gasteiger partial charge in [-0.05, 0) is 86.9 Å². The molecule has 4 nitrogen and oxygen atoms in total. The van der Waals surface area contributed by atoms with Crippen LogP contribution >= 0.6 is 0 Å². The van der Waals surface area contributed by atoms with Crippen molar-refractivity contribution >= 4 is 11.9 Å². The van der Waals surface area contributed by atoms with Crippen LogP contribution in [0.15, 0.2) is 0 Å². The second-order valence-corrected chi connectivity index (χ2v) is 17.0. The molecule has 0 spiro atoms. The molecule has 0 aliphatic heterocycles. The maximum absolute atomic E-state index is 12.5. The molecular weight excluding hydrogens is 508 g/mol. The van der Waals surface area contributed by atoms with E-state index in [9.17, 15) is 9.59 Å². The number of hydrogen-bond acceptors (Lipinski definition) is 4. The third kappa shape index (κ3) is 5.54. The quantitative estimate of drug-likeness (QED) is 0.257. The van der Waals surface area contributed by atoms with Crippen molar-refractivity contribution in [1.29, 1.82) is 0 Å². The average molecular weight is 575 g/mol. The molecular formula is C37H66O4. The van der Waals surface area contributed by atoms with Gasteiger partial charge in [0.15, 0.2) is 0 Å². The lowest BCUT2D eigenvalue weighted by Gasteiger charge is -2.48. The van der Waals surface area contributed by atoms with Gasteiger partial charge in [0.2, 0.25) is 0 Å². The molecule has 4 aliphatic rings. The molecule has 4 saturated carbocycles. The zero-order valence-corrected chi connectivity index (χ0v) is 29.3. The van der Waals surface area contributed by atoms with Crippen LogP contribution < -0.4 is 0 Å². The van der Waals surface area contributed by atoms with Crippen LogP contribution in [0.5, 0.6) is 0 Å². The van der Waals surface area contributed by atoms with Gasteiger partial charge >= 0.3 is 11.9 Å². The van der Waals surface area contributed by atoms with Crippen molar-refractivity contribution in [2.45, 2.75) is 172 Å². The third-order valence-electron chi connectivity index (χ3n) is 13.7. The highest BCUT2D eigenvalue weighted by Crippen LogP contribution is 2.72. The van der Waals surface area contributed by atoms with Crippen LogP contribution in [0.25, 0.3) is 0 Å². The van der Waals surface area contributed by atoms with Gasteiger partial charge < -0.3 is 9.47 Å². The number of carbonyl (C=O) groups excluding carboxylic acids is 2. The van der Waals surface area contributed by atoms with Gasteiger partial charge in [-0.3, -0.25) is 9.59 Å². The van der Waals surface area contributed by atoms with E-state index in [4.69, 9.17) is 9.47 Å². The zero-order chi connectivity index (χ0) is 31.2. The van der Waals surface area contributed by atoms with Crippen molar-refractivity contribution in [3.8, 4) is 0 Å². The lowest BCUT2D eigenvalue weighted by molar-refractivity contribution is -0.191. The smallest absolute Gasteiger partial charge is 0.309 e. The summed E-state index contributed by atoms with van der Waals surface area (Å²) in [4.78, 5) is 25.0. The van der Waals surface area contributed by atoms with E-state index in [2.05, 4.69) is 76.2 Å². The number of unbranched alkanes of at least 4 members (excludes halogenated alkanes) is 1. The van der Waals surface area contributed by atoms with Crippen molar-refractivity contribution in [2.75, 3.05) is 0 Å². The molecule has 4 heteroatoms. The predicted molar refractivity (Wildman–Crippen MR) is 169 cm³/mol. The molecule has 0 heterocycles. The summed E-state index contributed by atoms with van der Waals surface area (Å²) in [5, 5.41) is 0. The van der Waals surface area contributed by atoms with Gasteiger partial charge in [0, 0.05) is 16.7 Å². The van der Waals surface area contributed by atoms with E-state index in [1.54, 1.807) is 0 Å². The Morgan fingerprint density at radius 2 is 1.37 bits per heavy atom. The average Bonchev–Trinajstić information content (AvgIpc) is 3.46. The summed E-state index contributed by atoms with van der Waals surface area (Å²) in [6.45, 7) is 29.0. The van der Waals surface area contributed by atoms with Crippen molar-refractivity contribution in [3.05, 3.63) is 0 Å². The van der Waals surface area contributed by atoms with Crippen molar-refractivity contribution < 1.29 is 19.1 Å². The molecule has 8 unspecified atom stereocenters. The van der Waals surface area contributed by atoms with Gasteiger partial charge in [0.25, 0.3) is 0 Å². The summed E-state index contributed by atoms with van der Waals surface area (Å²) in [5.41, 5.74) is 0.269. The van der Waals surface area contributed by atoms with E-state index < -0.39 is 0 Å². The molecule has 4 aliphatic carbocycles. The summed E-state index contributed by atoms with van der Waals surface area (Å²) < 4.78 is 12.5. The van der Waals surface area contributed by atoms with Crippen LogP contribution in [0.4, 0.5) is 0 Å². The van der Waals surface area contributed by atoms with Crippen molar-refractivity contribution in [1.82, 2.24) is 0 Å². The number of rotatable bonds is 9. The Kier molecular flexibility index (Phi) is 9.90. The topological polar surface area (TPSA) is 52.6 Å². The second-order valence-electron chi connectivity index (χ2n) is 17.0. The maximum atomic E-state index is 12.5. The van der Waals surface area contributed by atoms with Crippen LogP contribution in [0.1, 0.15) is 161 Å². The summed E-state index contributed by atoms with van der Waals surface area (Å²) in [5.74, 6) is 1.99. The Balaban J connectivity index is 0.000000226. The molecule has 238 valence electrons. The largest absolute Gasteiger partial charge is 0.458 e. The van der Waals surface area contributed by atoms with Gasteiger partial charge in [-0.2, -0.15) is 0 Å². The summed E-state index contributed by atoms with van der Waals surface area (Å²) >= 11 is 0. The molecule has 4 bridgehead atoms. The fourth-order valence-electron chi connectivity index (χ4n) is 9.54. The van der Waals surface area contributed by atoms with Crippen LogP contribution in [0.3, 0.4) is 0 Å². The van der Waals surface area contributed by atoms with E-state index >= 15 is 0 Å². The van der Waals surface area contributed by atoms with Crippen molar-refractivity contribution in [2.24, 2.45) is 51.2 Å². The molecule has 0 N–H and O–H groups in total. The molecule has 8 atom stereocenters. The standard InChI is InChI=1S/C19H34O2.C18H32O2/c1-7-9-11-19(21-16(20)14(3)8-2)13-15-10-12-18(19,6)17(15,4)5;1-8-12(2)15(19)20-18(16(3,4)5)11-13-9-10-14(18)17(13,6)7/h14-15H,7-13H2,1-6H3;12-14H,8-11H2,1-7H3. The second kappa shape index (κ2) is 11.8. The minimum atomic E-state index is -0.264. The summed E-state index contributed by atoms with van der Waals surface area (Å²) in [6.07, 6.45) is 12.3. The first kappa shape index (κ1) is 34.4. The molecule has 4 rings (SSSR count). The molecule has 0 aromatic rings. The Hall–Kier alpha value is -1.06. The molecule has 41 heavy (non-hydrogen) atoms. The maximum Gasteiger partial charge on any atom is 0.309 e. The van der Waals surface area contributed by atoms with Crippen LogP contribution in [0.2, 0.25) is 0 Å². The fourth-order valence-corrected chi connectivity index (χ4v) is 9.54. The SMILES string of the molecule is CCC(C)C(=O)OC1(C(C)(C)C)CC2CCC1C2(C)C.CCCCC1(OC(=O)C(C)CC)CC2CCC1(C)C2(C)C. The molecule has 0 radical (unpaired) electrons. The molecule has 0 saturated heterocycles. The van der Waals surface area contributed by atoms with Gasteiger partial charge in [-0.1, -0.05) is 96.4 Å². The monoisotopic (exact) mass is 574 g/mol. The van der Waals surface area contributed by atoms with Gasteiger partial charge in [0.1, 0.15) is 11.2 Å². The Bertz CT molecular complexity index is 943. The molecule has 0 aromatic carbocycles. The molecule has 4 fully saturated rings. The number of esters is 2. The van der Waals surface area contributed by atoms with Crippen LogP contribution in [-0.4, -0.2) is 23.1 Å². The Labute approximate surface area is 253 Å². The first-order valence-corrected chi connectivity index (χ1v) is 17.3. The van der Waals surface area contributed by atoms with Gasteiger partial charge in [0.05, 0.1) is 11.8 Å². The number of carbonyl (C=O) groups is 2. The van der Waals surface area contributed by atoms with E-state index in [-0.39, 0.29) is 51.2 Å². The van der Waals surface area contributed by atoms with E-state index in [0.717, 1.165) is 38.5 Å². The zero-order valence-electron chi connectivity index (χ0n) is 29.3. The predicted octanol–water partition coefficient (Wildman–Crippen LogP) is 10.2.